The van der Waals surface area contributed by atoms with Crippen molar-refractivity contribution in [3.05, 3.63) is 53.7 Å². The average Bonchev–Trinajstić information content (AvgIpc) is 3.27. The van der Waals surface area contributed by atoms with Gasteiger partial charge >= 0.3 is 0 Å². The fourth-order valence-electron chi connectivity index (χ4n) is 2.00. The van der Waals surface area contributed by atoms with Crippen molar-refractivity contribution in [1.82, 2.24) is 15.3 Å². The first kappa shape index (κ1) is 13.2. The Morgan fingerprint density at radius 3 is 2.73 bits per heavy atom. The minimum Gasteiger partial charge on any atom is -0.355 e. The van der Waals surface area contributed by atoms with Crippen LogP contribution in [0.3, 0.4) is 0 Å². The molecule has 0 N–H and O–H groups in total. The third-order valence-electron chi connectivity index (χ3n) is 3.00. The fourth-order valence-corrected chi connectivity index (χ4v) is 3.08. The standard InChI is InChI=1S/C15H8ClN3O2S/c16-10-3-1-2-9(8-10)15-18-14(19-21-15)13-5-4-12(22-13)11-6-7-17-20-11/h1-8H. The normalized spacial score (nSPS) is 11.0. The summed E-state index contributed by atoms with van der Waals surface area (Å²) in [6, 6.07) is 13.0. The van der Waals surface area contributed by atoms with E-state index in [1.165, 1.54) is 11.3 Å². The Balaban J connectivity index is 1.67. The maximum atomic E-state index is 5.97. The van der Waals surface area contributed by atoms with Crippen LogP contribution in [0.1, 0.15) is 0 Å². The topological polar surface area (TPSA) is 65.0 Å². The van der Waals surface area contributed by atoms with Crippen LogP contribution >= 0.6 is 22.9 Å². The molecule has 0 atom stereocenters. The van der Waals surface area contributed by atoms with Crippen LogP contribution < -0.4 is 0 Å². The third kappa shape index (κ3) is 2.43. The fraction of sp³-hybridized carbons (Fsp3) is 0. The maximum Gasteiger partial charge on any atom is 0.258 e. The minimum absolute atomic E-state index is 0.437. The highest BCUT2D eigenvalue weighted by Gasteiger charge is 2.14. The number of hydrogen-bond acceptors (Lipinski definition) is 6. The average molecular weight is 330 g/mol. The van der Waals surface area contributed by atoms with E-state index in [1.807, 2.05) is 30.3 Å². The van der Waals surface area contributed by atoms with Gasteiger partial charge in [-0.25, -0.2) is 0 Å². The quantitative estimate of drug-likeness (QED) is 0.541. The lowest BCUT2D eigenvalue weighted by Crippen LogP contribution is -1.78. The van der Waals surface area contributed by atoms with E-state index in [0.717, 1.165) is 21.1 Å². The van der Waals surface area contributed by atoms with E-state index in [1.54, 1.807) is 18.3 Å². The van der Waals surface area contributed by atoms with E-state index in [2.05, 4.69) is 15.3 Å². The molecule has 0 radical (unpaired) electrons. The number of aromatic nitrogens is 3. The van der Waals surface area contributed by atoms with Crippen LogP contribution in [0.15, 0.2) is 57.7 Å². The van der Waals surface area contributed by atoms with Gasteiger partial charge in [-0.3, -0.25) is 0 Å². The van der Waals surface area contributed by atoms with Gasteiger partial charge in [0.2, 0.25) is 5.82 Å². The molecule has 3 aromatic heterocycles. The van der Waals surface area contributed by atoms with E-state index >= 15 is 0 Å². The first-order valence-corrected chi connectivity index (χ1v) is 7.60. The van der Waals surface area contributed by atoms with Crippen LogP contribution in [-0.2, 0) is 0 Å². The van der Waals surface area contributed by atoms with Gasteiger partial charge in [-0.05, 0) is 30.3 Å². The monoisotopic (exact) mass is 329 g/mol. The number of halogens is 1. The molecule has 0 bridgehead atoms. The van der Waals surface area contributed by atoms with Crippen LogP contribution in [0.2, 0.25) is 5.02 Å². The van der Waals surface area contributed by atoms with Crippen LogP contribution in [0.5, 0.6) is 0 Å². The number of hydrogen-bond donors (Lipinski definition) is 0. The van der Waals surface area contributed by atoms with Gasteiger partial charge in [-0.1, -0.05) is 28.0 Å². The third-order valence-corrected chi connectivity index (χ3v) is 4.34. The molecule has 22 heavy (non-hydrogen) atoms. The Morgan fingerprint density at radius 1 is 1.00 bits per heavy atom. The molecule has 4 aromatic rings. The van der Waals surface area contributed by atoms with Crippen LogP contribution in [0.4, 0.5) is 0 Å². The summed E-state index contributed by atoms with van der Waals surface area (Å²) in [6.07, 6.45) is 1.61. The van der Waals surface area contributed by atoms with Crippen molar-refractivity contribution in [1.29, 1.82) is 0 Å². The predicted molar refractivity (Wildman–Crippen MR) is 83.6 cm³/mol. The number of rotatable bonds is 3. The molecule has 3 heterocycles. The van der Waals surface area contributed by atoms with Gasteiger partial charge < -0.3 is 9.05 Å². The molecule has 7 heteroatoms. The zero-order valence-corrected chi connectivity index (χ0v) is 12.6. The lowest BCUT2D eigenvalue weighted by Gasteiger charge is -1.93. The molecule has 0 aliphatic carbocycles. The maximum absolute atomic E-state index is 5.97. The lowest BCUT2D eigenvalue weighted by atomic mass is 10.2. The molecule has 5 nitrogen and oxygen atoms in total. The molecule has 108 valence electrons. The molecule has 0 spiro atoms. The van der Waals surface area contributed by atoms with Crippen molar-refractivity contribution in [3.8, 4) is 32.8 Å². The van der Waals surface area contributed by atoms with Crippen molar-refractivity contribution in [2.24, 2.45) is 0 Å². The molecule has 4 rings (SSSR count). The molecular weight excluding hydrogens is 322 g/mol. The van der Waals surface area contributed by atoms with E-state index < -0.39 is 0 Å². The molecule has 0 amide bonds. The Hall–Kier alpha value is -2.44. The number of thiophene rings is 1. The number of nitrogens with zero attached hydrogens (tertiary/aromatic N) is 3. The van der Waals surface area contributed by atoms with Crippen molar-refractivity contribution in [2.45, 2.75) is 0 Å². The lowest BCUT2D eigenvalue weighted by molar-refractivity contribution is 0.432. The van der Waals surface area contributed by atoms with E-state index in [0.29, 0.717) is 16.7 Å². The van der Waals surface area contributed by atoms with Gasteiger partial charge in [0.25, 0.3) is 5.89 Å². The Morgan fingerprint density at radius 2 is 1.91 bits per heavy atom. The Bertz CT molecular complexity index is 914. The minimum atomic E-state index is 0.437. The summed E-state index contributed by atoms with van der Waals surface area (Å²) in [5.74, 6) is 1.69. The summed E-state index contributed by atoms with van der Waals surface area (Å²) in [7, 11) is 0. The highest BCUT2D eigenvalue weighted by molar-refractivity contribution is 7.18. The van der Waals surface area contributed by atoms with Crippen LogP contribution in [-0.4, -0.2) is 15.3 Å². The van der Waals surface area contributed by atoms with Gasteiger partial charge in [0.1, 0.15) is 0 Å². The molecule has 0 fully saturated rings. The second kappa shape index (κ2) is 5.40. The van der Waals surface area contributed by atoms with Gasteiger partial charge in [0.15, 0.2) is 5.76 Å². The zero-order valence-electron chi connectivity index (χ0n) is 11.1. The molecule has 0 aliphatic heterocycles. The predicted octanol–water partition coefficient (Wildman–Crippen LogP) is 4.77. The number of benzene rings is 1. The van der Waals surface area contributed by atoms with Gasteiger partial charge in [-0.2, -0.15) is 4.98 Å². The summed E-state index contributed by atoms with van der Waals surface area (Å²) in [5, 5.41) is 8.35. The zero-order chi connectivity index (χ0) is 14.9. The molecular formula is C15H8ClN3O2S. The first-order chi connectivity index (χ1) is 10.8. The SMILES string of the molecule is Clc1cccc(-c2nc(-c3ccc(-c4ccno4)s3)no2)c1. The van der Waals surface area contributed by atoms with Crippen LogP contribution in [0.25, 0.3) is 32.8 Å². The van der Waals surface area contributed by atoms with Crippen molar-refractivity contribution >= 4 is 22.9 Å². The smallest absolute Gasteiger partial charge is 0.258 e. The first-order valence-electron chi connectivity index (χ1n) is 6.40. The molecule has 0 aliphatic rings. The van der Waals surface area contributed by atoms with Gasteiger partial charge in [0.05, 0.1) is 16.0 Å². The summed E-state index contributed by atoms with van der Waals surface area (Å²) in [4.78, 5) is 6.27. The van der Waals surface area contributed by atoms with E-state index in [4.69, 9.17) is 20.6 Å². The van der Waals surface area contributed by atoms with E-state index in [-0.39, 0.29) is 0 Å². The summed E-state index contributed by atoms with van der Waals surface area (Å²) < 4.78 is 10.4. The van der Waals surface area contributed by atoms with E-state index in [9.17, 15) is 0 Å². The largest absolute Gasteiger partial charge is 0.355 e. The second-order valence-corrected chi connectivity index (χ2v) is 5.99. The Kier molecular flexibility index (Phi) is 3.25. The summed E-state index contributed by atoms with van der Waals surface area (Å²) in [6.45, 7) is 0. The second-order valence-electron chi connectivity index (χ2n) is 4.47. The summed E-state index contributed by atoms with van der Waals surface area (Å²) >= 11 is 7.49. The molecule has 1 aromatic carbocycles. The highest BCUT2D eigenvalue weighted by Crippen LogP contribution is 2.33. The Labute approximate surface area is 134 Å². The van der Waals surface area contributed by atoms with Crippen molar-refractivity contribution in [2.75, 3.05) is 0 Å². The summed E-state index contributed by atoms with van der Waals surface area (Å²) in [5.41, 5.74) is 0.790. The van der Waals surface area contributed by atoms with Crippen molar-refractivity contribution in [3.63, 3.8) is 0 Å². The van der Waals surface area contributed by atoms with Crippen LogP contribution in [0, 0.1) is 0 Å². The molecule has 0 unspecified atom stereocenters. The highest BCUT2D eigenvalue weighted by atomic mass is 35.5. The van der Waals surface area contributed by atoms with Gasteiger partial charge in [0, 0.05) is 16.7 Å². The van der Waals surface area contributed by atoms with Gasteiger partial charge in [-0.15, -0.1) is 11.3 Å². The molecule has 0 saturated heterocycles. The molecule has 0 saturated carbocycles. The van der Waals surface area contributed by atoms with Crippen molar-refractivity contribution < 1.29 is 9.05 Å².